The number of halogens is 2. The topological polar surface area (TPSA) is 20.2 Å². The van der Waals surface area contributed by atoms with E-state index in [-0.39, 0.29) is 11.9 Å². The number of benzene rings is 1. The van der Waals surface area contributed by atoms with E-state index in [0.29, 0.717) is 11.8 Å². The second-order valence-electron chi connectivity index (χ2n) is 4.15. The molecule has 1 nitrogen and oxygen atoms in total. The van der Waals surface area contributed by atoms with Crippen LogP contribution in [-0.4, -0.2) is 11.2 Å². The van der Waals surface area contributed by atoms with Crippen molar-refractivity contribution in [2.24, 2.45) is 5.92 Å². The molecule has 0 bridgehead atoms. The minimum atomic E-state index is -0.224. The normalized spacial score (nSPS) is 30.0. The SMILES string of the molecule is CCC1C(O)CC1c1ccc(F)cc1Br. The van der Waals surface area contributed by atoms with Gasteiger partial charge in [0.1, 0.15) is 5.82 Å². The lowest BCUT2D eigenvalue weighted by Gasteiger charge is -2.42. The summed E-state index contributed by atoms with van der Waals surface area (Å²) < 4.78 is 13.7. The standard InChI is InChI=1S/C12H14BrFO/c1-2-8-10(6-12(8)15)9-4-3-7(14)5-11(9)13/h3-5,8,10,12,15H,2,6H2,1H3. The zero-order valence-electron chi connectivity index (χ0n) is 8.58. The Balaban J connectivity index is 2.23. The molecule has 1 fully saturated rings. The van der Waals surface area contributed by atoms with Gasteiger partial charge < -0.3 is 5.11 Å². The zero-order valence-corrected chi connectivity index (χ0v) is 10.2. The Morgan fingerprint density at radius 2 is 2.27 bits per heavy atom. The summed E-state index contributed by atoms with van der Waals surface area (Å²) >= 11 is 3.38. The molecule has 0 radical (unpaired) electrons. The molecular weight excluding hydrogens is 259 g/mol. The predicted molar refractivity (Wildman–Crippen MR) is 61.2 cm³/mol. The molecule has 0 heterocycles. The number of aliphatic hydroxyl groups is 1. The van der Waals surface area contributed by atoms with Crippen LogP contribution in [0.25, 0.3) is 0 Å². The highest BCUT2D eigenvalue weighted by atomic mass is 79.9. The Morgan fingerprint density at radius 1 is 1.53 bits per heavy atom. The Kier molecular flexibility index (Phi) is 3.12. The maximum atomic E-state index is 12.9. The van der Waals surface area contributed by atoms with Crippen molar-refractivity contribution in [3.8, 4) is 0 Å². The Morgan fingerprint density at radius 3 is 2.80 bits per heavy atom. The van der Waals surface area contributed by atoms with Crippen molar-refractivity contribution in [3.05, 3.63) is 34.1 Å². The summed E-state index contributed by atoms with van der Waals surface area (Å²) in [5, 5.41) is 9.60. The second kappa shape index (κ2) is 4.22. The molecule has 0 saturated heterocycles. The maximum Gasteiger partial charge on any atom is 0.124 e. The Bertz CT molecular complexity index is 367. The Hall–Kier alpha value is -0.410. The van der Waals surface area contributed by atoms with Crippen LogP contribution in [0.5, 0.6) is 0 Å². The van der Waals surface area contributed by atoms with Gasteiger partial charge in [-0.25, -0.2) is 4.39 Å². The molecular formula is C12H14BrFO. The monoisotopic (exact) mass is 272 g/mol. The van der Waals surface area contributed by atoms with Gasteiger partial charge >= 0.3 is 0 Å². The van der Waals surface area contributed by atoms with Crippen molar-refractivity contribution in [3.63, 3.8) is 0 Å². The molecule has 1 N–H and O–H groups in total. The minimum Gasteiger partial charge on any atom is -0.393 e. The molecule has 3 heteroatoms. The summed E-state index contributed by atoms with van der Waals surface area (Å²) in [6.07, 6.45) is 1.58. The van der Waals surface area contributed by atoms with Gasteiger partial charge in [-0.2, -0.15) is 0 Å². The van der Waals surface area contributed by atoms with Crippen molar-refractivity contribution in [1.82, 2.24) is 0 Å². The van der Waals surface area contributed by atoms with Gasteiger partial charge in [-0.3, -0.25) is 0 Å². The summed E-state index contributed by atoms with van der Waals surface area (Å²) in [6, 6.07) is 4.79. The summed E-state index contributed by atoms with van der Waals surface area (Å²) in [5.74, 6) is 0.477. The lowest BCUT2D eigenvalue weighted by atomic mass is 9.66. The van der Waals surface area contributed by atoms with E-state index in [1.165, 1.54) is 12.1 Å². The fourth-order valence-electron chi connectivity index (χ4n) is 2.40. The molecule has 0 aromatic heterocycles. The average Bonchev–Trinajstić information content (AvgIpc) is 2.16. The number of hydrogen-bond donors (Lipinski definition) is 1. The maximum absolute atomic E-state index is 12.9. The number of rotatable bonds is 2. The smallest absolute Gasteiger partial charge is 0.124 e. The molecule has 0 spiro atoms. The molecule has 0 aliphatic heterocycles. The molecule has 1 aromatic carbocycles. The third kappa shape index (κ3) is 1.95. The quantitative estimate of drug-likeness (QED) is 0.874. The van der Waals surface area contributed by atoms with Crippen molar-refractivity contribution in [1.29, 1.82) is 0 Å². The lowest BCUT2D eigenvalue weighted by molar-refractivity contribution is -0.000974. The van der Waals surface area contributed by atoms with Gasteiger partial charge in [0.2, 0.25) is 0 Å². The molecule has 15 heavy (non-hydrogen) atoms. The zero-order chi connectivity index (χ0) is 11.0. The first kappa shape index (κ1) is 11.1. The third-order valence-corrected chi connectivity index (χ3v) is 4.03. The number of hydrogen-bond acceptors (Lipinski definition) is 1. The van der Waals surface area contributed by atoms with Crippen molar-refractivity contribution >= 4 is 15.9 Å². The van der Waals surface area contributed by atoms with Crippen LogP contribution < -0.4 is 0 Å². The molecule has 0 amide bonds. The van der Waals surface area contributed by atoms with Crippen LogP contribution in [0, 0.1) is 11.7 Å². The first-order chi connectivity index (χ1) is 7.13. The number of aliphatic hydroxyl groups excluding tert-OH is 1. The highest BCUT2D eigenvalue weighted by Crippen LogP contribution is 2.46. The van der Waals surface area contributed by atoms with Gasteiger partial charge in [-0.05, 0) is 36.0 Å². The van der Waals surface area contributed by atoms with Gasteiger partial charge in [-0.15, -0.1) is 0 Å². The van der Waals surface area contributed by atoms with E-state index in [2.05, 4.69) is 22.9 Å². The Labute approximate surface area is 97.4 Å². The van der Waals surface area contributed by atoms with Crippen molar-refractivity contribution < 1.29 is 9.50 Å². The van der Waals surface area contributed by atoms with Crippen LogP contribution >= 0.6 is 15.9 Å². The van der Waals surface area contributed by atoms with E-state index in [9.17, 15) is 9.50 Å². The molecule has 1 saturated carbocycles. The van der Waals surface area contributed by atoms with E-state index in [0.717, 1.165) is 22.9 Å². The first-order valence-corrected chi connectivity index (χ1v) is 6.05. The predicted octanol–water partition coefficient (Wildman–Crippen LogP) is 3.46. The van der Waals surface area contributed by atoms with Crippen LogP contribution in [-0.2, 0) is 0 Å². The fourth-order valence-corrected chi connectivity index (χ4v) is 3.04. The van der Waals surface area contributed by atoms with Crippen LogP contribution in [0.2, 0.25) is 0 Å². The van der Waals surface area contributed by atoms with Gasteiger partial charge in [0.05, 0.1) is 6.10 Å². The highest BCUT2D eigenvalue weighted by Gasteiger charge is 2.39. The molecule has 2 rings (SSSR count). The first-order valence-electron chi connectivity index (χ1n) is 5.26. The van der Waals surface area contributed by atoms with E-state index in [4.69, 9.17) is 0 Å². The molecule has 1 aliphatic carbocycles. The lowest BCUT2D eigenvalue weighted by Crippen LogP contribution is -2.39. The van der Waals surface area contributed by atoms with Gasteiger partial charge in [0.25, 0.3) is 0 Å². The van der Waals surface area contributed by atoms with Crippen molar-refractivity contribution in [2.75, 3.05) is 0 Å². The fraction of sp³-hybridized carbons (Fsp3) is 0.500. The molecule has 82 valence electrons. The van der Waals surface area contributed by atoms with E-state index in [1.54, 1.807) is 0 Å². The van der Waals surface area contributed by atoms with Crippen molar-refractivity contribution in [2.45, 2.75) is 31.8 Å². The van der Waals surface area contributed by atoms with Gasteiger partial charge in [0.15, 0.2) is 0 Å². The molecule has 1 aliphatic rings. The van der Waals surface area contributed by atoms with E-state index in [1.807, 2.05) is 6.07 Å². The van der Waals surface area contributed by atoms with Crippen LogP contribution in [0.1, 0.15) is 31.2 Å². The second-order valence-corrected chi connectivity index (χ2v) is 5.00. The molecule has 3 atom stereocenters. The summed E-state index contributed by atoms with van der Waals surface area (Å²) in [7, 11) is 0. The summed E-state index contributed by atoms with van der Waals surface area (Å²) in [6.45, 7) is 2.08. The van der Waals surface area contributed by atoms with E-state index < -0.39 is 0 Å². The van der Waals surface area contributed by atoms with Crippen LogP contribution in [0.15, 0.2) is 22.7 Å². The summed E-state index contributed by atoms with van der Waals surface area (Å²) in [4.78, 5) is 0. The van der Waals surface area contributed by atoms with Gasteiger partial charge in [-0.1, -0.05) is 35.3 Å². The summed E-state index contributed by atoms with van der Waals surface area (Å²) in [5.41, 5.74) is 1.12. The van der Waals surface area contributed by atoms with Gasteiger partial charge in [0, 0.05) is 4.47 Å². The average molecular weight is 273 g/mol. The molecule has 1 aromatic rings. The van der Waals surface area contributed by atoms with Crippen LogP contribution in [0.3, 0.4) is 0 Å². The van der Waals surface area contributed by atoms with E-state index >= 15 is 0 Å². The molecule has 3 unspecified atom stereocenters. The highest BCUT2D eigenvalue weighted by molar-refractivity contribution is 9.10. The minimum absolute atomic E-state index is 0.183. The third-order valence-electron chi connectivity index (χ3n) is 3.34. The largest absolute Gasteiger partial charge is 0.393 e. The van der Waals surface area contributed by atoms with Crippen LogP contribution in [0.4, 0.5) is 4.39 Å².